The third-order valence-corrected chi connectivity index (χ3v) is 5.66. The minimum atomic E-state index is 0.0139. The molecule has 0 N–H and O–H groups in total. The molecule has 3 heteroatoms. The summed E-state index contributed by atoms with van der Waals surface area (Å²) >= 11 is 0. The minimum Gasteiger partial charge on any atom is -0.490 e. The van der Waals surface area contributed by atoms with Crippen LogP contribution < -0.4 is 4.74 Å². The summed E-state index contributed by atoms with van der Waals surface area (Å²) in [7, 11) is 0. The lowest BCUT2D eigenvalue weighted by Gasteiger charge is -2.23. The molecular formula is C24H27NO2. The van der Waals surface area contributed by atoms with E-state index in [0.29, 0.717) is 11.7 Å². The van der Waals surface area contributed by atoms with Crippen molar-refractivity contribution in [1.82, 2.24) is 4.57 Å². The number of fused-ring (bicyclic) bond motifs is 1. The summed E-state index contributed by atoms with van der Waals surface area (Å²) in [5.41, 5.74) is 3.92. The molecule has 0 atom stereocenters. The van der Waals surface area contributed by atoms with Crippen LogP contribution in [0.25, 0.3) is 10.9 Å². The van der Waals surface area contributed by atoms with Gasteiger partial charge < -0.3 is 4.74 Å². The van der Waals surface area contributed by atoms with Crippen molar-refractivity contribution in [2.75, 3.05) is 0 Å². The topological polar surface area (TPSA) is 31.2 Å². The van der Waals surface area contributed by atoms with Crippen molar-refractivity contribution in [2.24, 2.45) is 0 Å². The van der Waals surface area contributed by atoms with Crippen LogP contribution in [0.4, 0.5) is 0 Å². The third-order valence-electron chi connectivity index (χ3n) is 5.66. The van der Waals surface area contributed by atoms with Gasteiger partial charge >= 0.3 is 0 Å². The molecule has 1 heterocycles. The van der Waals surface area contributed by atoms with Crippen LogP contribution >= 0.6 is 0 Å². The van der Waals surface area contributed by atoms with Crippen LogP contribution in [0.1, 0.15) is 60.6 Å². The second-order valence-corrected chi connectivity index (χ2v) is 7.53. The largest absolute Gasteiger partial charge is 0.490 e. The van der Waals surface area contributed by atoms with Crippen LogP contribution in [-0.2, 0) is 6.42 Å². The van der Waals surface area contributed by atoms with Gasteiger partial charge in [0, 0.05) is 16.6 Å². The molecule has 27 heavy (non-hydrogen) atoms. The number of carbonyl (C=O) groups excluding carboxylic acids is 1. The van der Waals surface area contributed by atoms with E-state index < -0.39 is 0 Å². The molecule has 0 bridgehead atoms. The molecule has 1 aliphatic rings. The third kappa shape index (κ3) is 3.51. The average Bonchev–Trinajstić information content (AvgIpc) is 3.04. The molecule has 140 valence electrons. The van der Waals surface area contributed by atoms with Crippen molar-refractivity contribution in [2.45, 2.75) is 58.5 Å². The van der Waals surface area contributed by atoms with Gasteiger partial charge in [-0.2, -0.15) is 0 Å². The van der Waals surface area contributed by atoms with Crippen LogP contribution in [-0.4, -0.2) is 16.6 Å². The molecule has 1 fully saturated rings. The first-order chi connectivity index (χ1) is 13.2. The molecule has 0 saturated heterocycles. The lowest BCUT2D eigenvalue weighted by atomic mass is 9.98. The quantitative estimate of drug-likeness (QED) is 0.578. The SMILES string of the molecule is CCc1cccc2c1cc(C)n2C(=O)c1ccc(OC2CCCCC2)cc1. The predicted octanol–water partition coefficient (Wildman–Crippen LogP) is 5.91. The maximum absolute atomic E-state index is 13.2. The monoisotopic (exact) mass is 361 g/mol. The van der Waals surface area contributed by atoms with Crippen molar-refractivity contribution in [1.29, 1.82) is 0 Å². The summed E-state index contributed by atoms with van der Waals surface area (Å²) < 4.78 is 7.91. The molecule has 3 nitrogen and oxygen atoms in total. The van der Waals surface area contributed by atoms with Crippen molar-refractivity contribution in [3.8, 4) is 5.75 Å². The fourth-order valence-corrected chi connectivity index (χ4v) is 4.18. The van der Waals surface area contributed by atoms with Crippen LogP contribution in [0.3, 0.4) is 0 Å². The predicted molar refractivity (Wildman–Crippen MR) is 110 cm³/mol. The molecule has 3 aromatic rings. The Bertz CT molecular complexity index is 946. The van der Waals surface area contributed by atoms with Crippen molar-refractivity contribution in [3.63, 3.8) is 0 Å². The lowest BCUT2D eigenvalue weighted by Crippen LogP contribution is -2.19. The van der Waals surface area contributed by atoms with Gasteiger partial charge in [-0.25, -0.2) is 0 Å². The maximum atomic E-state index is 13.2. The number of hydrogen-bond acceptors (Lipinski definition) is 2. The first-order valence-electron chi connectivity index (χ1n) is 10.1. The molecular weight excluding hydrogens is 334 g/mol. The fraction of sp³-hybridized carbons (Fsp3) is 0.375. The molecule has 1 aromatic heterocycles. The van der Waals surface area contributed by atoms with E-state index in [4.69, 9.17) is 4.74 Å². The Kier molecular flexibility index (Phi) is 5.02. The average molecular weight is 361 g/mol. The number of benzene rings is 2. The van der Waals surface area contributed by atoms with Crippen molar-refractivity contribution < 1.29 is 9.53 Å². The minimum absolute atomic E-state index is 0.0139. The Hall–Kier alpha value is -2.55. The molecule has 0 radical (unpaired) electrons. The van der Waals surface area contributed by atoms with E-state index in [-0.39, 0.29) is 5.91 Å². The molecule has 0 aliphatic heterocycles. The van der Waals surface area contributed by atoms with Gasteiger partial charge in [-0.15, -0.1) is 0 Å². The highest BCUT2D eigenvalue weighted by Crippen LogP contribution is 2.26. The Balaban J connectivity index is 1.59. The van der Waals surface area contributed by atoms with E-state index in [1.54, 1.807) is 0 Å². The lowest BCUT2D eigenvalue weighted by molar-refractivity contribution is 0.0963. The van der Waals surface area contributed by atoms with Gasteiger partial charge in [0.2, 0.25) is 0 Å². The molecule has 1 saturated carbocycles. The van der Waals surface area contributed by atoms with Crippen molar-refractivity contribution in [3.05, 3.63) is 65.4 Å². The Morgan fingerprint density at radius 1 is 1.07 bits per heavy atom. The van der Waals surface area contributed by atoms with Crippen LogP contribution in [0.15, 0.2) is 48.5 Å². The second kappa shape index (κ2) is 7.59. The van der Waals surface area contributed by atoms with E-state index in [2.05, 4.69) is 19.1 Å². The van der Waals surface area contributed by atoms with E-state index in [1.165, 1.54) is 30.2 Å². The summed E-state index contributed by atoms with van der Waals surface area (Å²) in [6.07, 6.45) is 7.37. The Morgan fingerprint density at radius 2 is 1.81 bits per heavy atom. The highest BCUT2D eigenvalue weighted by atomic mass is 16.5. The van der Waals surface area contributed by atoms with E-state index in [0.717, 1.165) is 36.2 Å². The molecule has 1 aliphatic carbocycles. The van der Waals surface area contributed by atoms with E-state index >= 15 is 0 Å². The van der Waals surface area contributed by atoms with E-state index in [9.17, 15) is 4.79 Å². The zero-order valence-corrected chi connectivity index (χ0v) is 16.2. The van der Waals surface area contributed by atoms with Crippen LogP contribution in [0.5, 0.6) is 5.75 Å². The smallest absolute Gasteiger partial charge is 0.262 e. The van der Waals surface area contributed by atoms with Crippen LogP contribution in [0, 0.1) is 6.92 Å². The summed E-state index contributed by atoms with van der Waals surface area (Å²) in [6, 6.07) is 15.9. The van der Waals surface area contributed by atoms with Crippen molar-refractivity contribution >= 4 is 16.8 Å². The number of ether oxygens (including phenoxy) is 1. The number of aromatic nitrogens is 1. The zero-order valence-electron chi connectivity index (χ0n) is 16.2. The van der Waals surface area contributed by atoms with Gasteiger partial charge in [0.1, 0.15) is 5.75 Å². The summed E-state index contributed by atoms with van der Waals surface area (Å²) in [5.74, 6) is 0.876. The first kappa shape index (κ1) is 17.8. The van der Waals surface area contributed by atoms with Gasteiger partial charge in [0.25, 0.3) is 5.91 Å². The van der Waals surface area contributed by atoms with Gasteiger partial charge in [0.15, 0.2) is 0 Å². The number of hydrogen-bond donors (Lipinski definition) is 0. The number of carbonyl (C=O) groups is 1. The number of nitrogens with zero attached hydrogens (tertiary/aromatic N) is 1. The summed E-state index contributed by atoms with van der Waals surface area (Å²) in [4.78, 5) is 13.2. The molecule has 0 unspecified atom stereocenters. The molecule has 2 aromatic carbocycles. The summed E-state index contributed by atoms with van der Waals surface area (Å²) in [6.45, 7) is 4.15. The van der Waals surface area contributed by atoms with Gasteiger partial charge in [-0.05, 0) is 81.0 Å². The molecule has 4 rings (SSSR count). The molecule has 0 spiro atoms. The van der Waals surface area contributed by atoms with Gasteiger partial charge in [0.05, 0.1) is 11.6 Å². The molecule has 0 amide bonds. The normalized spacial score (nSPS) is 15.2. The Morgan fingerprint density at radius 3 is 2.52 bits per heavy atom. The summed E-state index contributed by atoms with van der Waals surface area (Å²) in [5, 5.41) is 1.17. The second-order valence-electron chi connectivity index (χ2n) is 7.53. The number of rotatable bonds is 4. The highest BCUT2D eigenvalue weighted by Gasteiger charge is 2.17. The van der Waals surface area contributed by atoms with Gasteiger partial charge in [-0.1, -0.05) is 25.5 Å². The van der Waals surface area contributed by atoms with Crippen LogP contribution in [0.2, 0.25) is 0 Å². The van der Waals surface area contributed by atoms with Gasteiger partial charge in [-0.3, -0.25) is 9.36 Å². The highest BCUT2D eigenvalue weighted by molar-refractivity contribution is 6.03. The first-order valence-corrected chi connectivity index (χ1v) is 10.1. The maximum Gasteiger partial charge on any atom is 0.262 e. The zero-order chi connectivity index (χ0) is 18.8. The van der Waals surface area contributed by atoms with E-state index in [1.807, 2.05) is 47.9 Å². The fourth-order valence-electron chi connectivity index (χ4n) is 4.18. The standard InChI is InChI=1S/C24H27NO2/c1-3-18-8-7-11-23-22(18)16-17(2)25(23)24(26)19-12-14-21(15-13-19)27-20-9-5-4-6-10-20/h7-8,11-16,20H,3-6,9-10H2,1-2H3. The Labute approximate surface area is 161 Å². The number of aryl methyl sites for hydroxylation is 2.